The van der Waals surface area contributed by atoms with Crippen molar-refractivity contribution >= 4 is 33.0 Å². The van der Waals surface area contributed by atoms with Gasteiger partial charge in [-0.15, -0.1) is 10.2 Å². The lowest BCUT2D eigenvalue weighted by molar-refractivity contribution is 0.102. The fraction of sp³-hybridized carbons (Fsp3) is 0.286. The Morgan fingerprint density at radius 2 is 1.91 bits per heavy atom. The van der Waals surface area contributed by atoms with Crippen LogP contribution < -0.4 is 5.32 Å². The molecule has 1 N–H and O–H groups in total. The summed E-state index contributed by atoms with van der Waals surface area (Å²) in [7, 11) is -3.73. The van der Waals surface area contributed by atoms with E-state index in [9.17, 15) is 22.0 Å². The highest BCUT2D eigenvalue weighted by atomic mass is 32.2. The normalized spacial score (nSPS) is 16.9. The molecule has 0 bridgehead atoms. The second-order valence-electron chi connectivity index (χ2n) is 7.30. The van der Waals surface area contributed by atoms with Gasteiger partial charge in [-0.3, -0.25) is 4.79 Å². The van der Waals surface area contributed by atoms with Gasteiger partial charge in [-0.2, -0.15) is 4.31 Å². The first-order chi connectivity index (χ1) is 15.3. The highest BCUT2D eigenvalue weighted by Gasteiger charge is 2.38. The number of aryl methyl sites for hydroxylation is 1. The first-order valence-electron chi connectivity index (χ1n) is 10.00. The van der Waals surface area contributed by atoms with E-state index in [-0.39, 0.29) is 15.6 Å². The maximum absolute atomic E-state index is 13.4. The van der Waals surface area contributed by atoms with Crippen LogP contribution in [-0.4, -0.2) is 35.4 Å². The SMILES string of the molecule is CCc1ccc(S(=O)(=O)N2CCC[C@@H]2c2nnc(C(=O)Nc3ccc(F)c(F)c3)s2)cc1. The minimum Gasteiger partial charge on any atom is -0.320 e. The van der Waals surface area contributed by atoms with Crippen LogP contribution in [0.5, 0.6) is 0 Å². The van der Waals surface area contributed by atoms with E-state index in [0.717, 1.165) is 35.5 Å². The summed E-state index contributed by atoms with van der Waals surface area (Å²) in [5.74, 6) is -2.74. The number of sulfonamides is 1. The number of halogens is 2. The average Bonchev–Trinajstić information content (AvgIpc) is 3.46. The van der Waals surface area contributed by atoms with Gasteiger partial charge < -0.3 is 5.32 Å². The van der Waals surface area contributed by atoms with Crippen LogP contribution in [0, 0.1) is 11.6 Å². The number of nitrogens with zero attached hydrogens (tertiary/aromatic N) is 3. The highest BCUT2D eigenvalue weighted by molar-refractivity contribution is 7.89. The molecule has 1 amide bonds. The number of anilines is 1. The molecule has 1 saturated heterocycles. The molecule has 0 radical (unpaired) electrons. The first kappa shape index (κ1) is 22.4. The lowest BCUT2D eigenvalue weighted by atomic mass is 10.2. The fourth-order valence-corrected chi connectivity index (χ4v) is 6.14. The second-order valence-corrected chi connectivity index (χ2v) is 10.2. The van der Waals surface area contributed by atoms with Crippen LogP contribution in [0.4, 0.5) is 14.5 Å². The summed E-state index contributed by atoms with van der Waals surface area (Å²) in [5, 5.41) is 10.8. The van der Waals surface area contributed by atoms with Crippen LogP contribution in [0.15, 0.2) is 47.4 Å². The van der Waals surface area contributed by atoms with Crippen molar-refractivity contribution in [1.29, 1.82) is 0 Å². The number of hydrogen-bond acceptors (Lipinski definition) is 6. The number of benzene rings is 2. The molecule has 0 unspecified atom stereocenters. The van der Waals surface area contributed by atoms with Gasteiger partial charge in [-0.1, -0.05) is 30.4 Å². The molecule has 32 heavy (non-hydrogen) atoms. The van der Waals surface area contributed by atoms with Crippen molar-refractivity contribution in [2.45, 2.75) is 37.1 Å². The third-order valence-corrected chi connectivity index (χ3v) is 8.18. The number of carbonyl (C=O) groups is 1. The number of amides is 1. The van der Waals surface area contributed by atoms with Gasteiger partial charge in [0.1, 0.15) is 5.01 Å². The van der Waals surface area contributed by atoms with E-state index in [0.29, 0.717) is 24.4 Å². The standard InChI is InChI=1S/C21H20F2N4O3S2/c1-2-13-5-8-15(9-6-13)32(29,30)27-11-3-4-18(27)20-25-26-21(31-20)19(28)24-14-7-10-16(22)17(23)12-14/h5-10,12,18H,2-4,11H2,1H3,(H,24,28)/t18-/m1/s1. The van der Waals surface area contributed by atoms with Crippen molar-refractivity contribution in [3.05, 3.63) is 69.7 Å². The smallest absolute Gasteiger partial charge is 0.286 e. The van der Waals surface area contributed by atoms with E-state index in [4.69, 9.17) is 0 Å². The van der Waals surface area contributed by atoms with Gasteiger partial charge in [-0.25, -0.2) is 17.2 Å². The number of nitrogens with one attached hydrogen (secondary N) is 1. The van der Waals surface area contributed by atoms with Crippen LogP contribution in [0.3, 0.4) is 0 Å². The minimum absolute atomic E-state index is 0.00119. The Bertz CT molecular complexity index is 1250. The Morgan fingerprint density at radius 3 is 2.59 bits per heavy atom. The van der Waals surface area contributed by atoms with Crippen molar-refractivity contribution in [3.8, 4) is 0 Å². The zero-order valence-corrected chi connectivity index (χ0v) is 18.7. The van der Waals surface area contributed by atoms with Crippen molar-refractivity contribution < 1.29 is 22.0 Å². The first-order valence-corrected chi connectivity index (χ1v) is 12.3. The van der Waals surface area contributed by atoms with Crippen LogP contribution in [0.25, 0.3) is 0 Å². The maximum atomic E-state index is 13.4. The molecule has 2 heterocycles. The predicted molar refractivity (Wildman–Crippen MR) is 116 cm³/mol. The summed E-state index contributed by atoms with van der Waals surface area (Å²) in [6, 6.07) is 9.28. The molecule has 2 aromatic carbocycles. The molecule has 3 aromatic rings. The molecule has 168 valence electrons. The largest absolute Gasteiger partial charge is 0.320 e. The molecule has 0 spiro atoms. The van der Waals surface area contributed by atoms with Crippen LogP contribution >= 0.6 is 11.3 Å². The fourth-order valence-electron chi connectivity index (χ4n) is 3.53. The van der Waals surface area contributed by atoms with Crippen molar-refractivity contribution in [2.24, 2.45) is 0 Å². The molecule has 1 fully saturated rings. The molecule has 1 aliphatic rings. The lowest BCUT2D eigenvalue weighted by Crippen LogP contribution is -2.30. The van der Waals surface area contributed by atoms with E-state index in [2.05, 4.69) is 15.5 Å². The molecule has 7 nitrogen and oxygen atoms in total. The van der Waals surface area contributed by atoms with Crippen molar-refractivity contribution in [3.63, 3.8) is 0 Å². The van der Waals surface area contributed by atoms with Crippen LogP contribution in [-0.2, 0) is 16.4 Å². The quantitative estimate of drug-likeness (QED) is 0.575. The molecule has 11 heteroatoms. The van der Waals surface area contributed by atoms with Gasteiger partial charge in [0.2, 0.25) is 15.0 Å². The number of aromatic nitrogens is 2. The summed E-state index contributed by atoms with van der Waals surface area (Å²) >= 11 is 0.978. The Balaban J connectivity index is 1.53. The number of rotatable bonds is 6. The number of carbonyl (C=O) groups excluding carboxylic acids is 1. The zero-order chi connectivity index (χ0) is 22.9. The Morgan fingerprint density at radius 1 is 1.16 bits per heavy atom. The summed E-state index contributed by atoms with van der Waals surface area (Å²) in [6.07, 6.45) is 2.03. The molecular formula is C21H20F2N4O3S2. The van der Waals surface area contributed by atoms with Gasteiger partial charge in [-0.05, 0) is 49.1 Å². The average molecular weight is 479 g/mol. The van der Waals surface area contributed by atoms with E-state index in [1.165, 1.54) is 10.4 Å². The van der Waals surface area contributed by atoms with Crippen LogP contribution in [0.1, 0.15) is 46.2 Å². The molecule has 1 aromatic heterocycles. The Hall–Kier alpha value is -2.76. The monoisotopic (exact) mass is 478 g/mol. The number of hydrogen-bond donors (Lipinski definition) is 1. The maximum Gasteiger partial charge on any atom is 0.286 e. The van der Waals surface area contributed by atoms with Gasteiger partial charge in [0.25, 0.3) is 5.91 Å². The van der Waals surface area contributed by atoms with Crippen molar-refractivity contribution in [2.75, 3.05) is 11.9 Å². The Labute approximate surface area is 188 Å². The summed E-state index contributed by atoms with van der Waals surface area (Å²) in [5.41, 5.74) is 1.12. The van der Waals surface area contributed by atoms with E-state index in [1.807, 2.05) is 6.92 Å². The highest BCUT2D eigenvalue weighted by Crippen LogP contribution is 2.37. The third-order valence-electron chi connectivity index (χ3n) is 5.24. The summed E-state index contributed by atoms with van der Waals surface area (Å²) in [6.45, 7) is 2.34. The van der Waals surface area contributed by atoms with Gasteiger partial charge in [0, 0.05) is 18.3 Å². The third kappa shape index (κ3) is 4.41. The Kier molecular flexibility index (Phi) is 6.31. The lowest BCUT2D eigenvalue weighted by Gasteiger charge is -2.22. The van der Waals surface area contributed by atoms with Crippen molar-refractivity contribution in [1.82, 2.24) is 14.5 Å². The molecule has 4 rings (SSSR count). The topological polar surface area (TPSA) is 92.3 Å². The van der Waals surface area contributed by atoms with E-state index >= 15 is 0 Å². The van der Waals surface area contributed by atoms with E-state index < -0.39 is 33.6 Å². The second kappa shape index (κ2) is 9.00. The molecule has 1 atom stereocenters. The summed E-state index contributed by atoms with van der Waals surface area (Å²) < 4.78 is 54.2. The van der Waals surface area contributed by atoms with Crippen LogP contribution in [0.2, 0.25) is 0 Å². The van der Waals surface area contributed by atoms with Gasteiger partial charge in [0.15, 0.2) is 11.6 Å². The zero-order valence-electron chi connectivity index (χ0n) is 17.1. The molecule has 0 saturated carbocycles. The molecular weight excluding hydrogens is 458 g/mol. The predicted octanol–water partition coefficient (Wildman–Crippen LogP) is 4.16. The molecule has 0 aliphatic carbocycles. The molecule has 1 aliphatic heterocycles. The minimum atomic E-state index is -3.73. The summed E-state index contributed by atoms with van der Waals surface area (Å²) in [4.78, 5) is 12.7. The van der Waals surface area contributed by atoms with Gasteiger partial charge in [0.05, 0.1) is 10.9 Å². The van der Waals surface area contributed by atoms with E-state index in [1.54, 1.807) is 24.3 Å². The van der Waals surface area contributed by atoms with Gasteiger partial charge >= 0.3 is 0 Å².